The van der Waals surface area contributed by atoms with Crippen LogP contribution in [0.15, 0.2) is 54.2 Å². The Balaban J connectivity index is 1.58. The van der Waals surface area contributed by atoms with Crippen LogP contribution in [0, 0.1) is 12.7 Å². The van der Waals surface area contributed by atoms with Gasteiger partial charge in [-0.3, -0.25) is 9.59 Å². The molecule has 0 aliphatic carbocycles. The summed E-state index contributed by atoms with van der Waals surface area (Å²) >= 11 is 0. The van der Waals surface area contributed by atoms with Crippen LogP contribution in [0.2, 0.25) is 0 Å². The summed E-state index contributed by atoms with van der Waals surface area (Å²) in [5.74, 6) is -1.19. The normalized spacial score (nSPS) is 19.0. The number of anilines is 2. The summed E-state index contributed by atoms with van der Waals surface area (Å²) in [4.78, 5) is 27.3. The van der Waals surface area contributed by atoms with E-state index in [2.05, 4.69) is 21.6 Å². The predicted molar refractivity (Wildman–Crippen MR) is 111 cm³/mol. The summed E-state index contributed by atoms with van der Waals surface area (Å²) in [6, 6.07) is 12.0. The molecule has 1 saturated heterocycles. The van der Waals surface area contributed by atoms with Gasteiger partial charge in [-0.15, -0.1) is 0 Å². The summed E-state index contributed by atoms with van der Waals surface area (Å²) in [7, 11) is 0. The van der Waals surface area contributed by atoms with Gasteiger partial charge in [-0.25, -0.2) is 4.39 Å². The van der Waals surface area contributed by atoms with Gasteiger partial charge in [-0.2, -0.15) is 0 Å². The molecular weight excluding hydrogens is 369 g/mol. The van der Waals surface area contributed by atoms with Gasteiger partial charge in [0, 0.05) is 48.6 Å². The molecule has 29 heavy (non-hydrogen) atoms. The molecule has 1 atom stereocenters. The molecule has 0 spiro atoms. The van der Waals surface area contributed by atoms with E-state index in [1.54, 1.807) is 12.1 Å². The molecule has 0 radical (unpaired) electrons. The number of nitrogens with one attached hydrogen (secondary N) is 2. The predicted octanol–water partition coefficient (Wildman–Crippen LogP) is 3.86. The molecule has 2 aliphatic heterocycles. The Morgan fingerprint density at radius 3 is 2.59 bits per heavy atom. The van der Waals surface area contributed by atoms with E-state index in [4.69, 9.17) is 0 Å². The van der Waals surface area contributed by atoms with Crippen LogP contribution < -0.4 is 15.5 Å². The van der Waals surface area contributed by atoms with Crippen molar-refractivity contribution >= 4 is 23.2 Å². The number of halogens is 1. The monoisotopic (exact) mass is 393 g/mol. The minimum Gasteiger partial charge on any atom is -0.371 e. The van der Waals surface area contributed by atoms with E-state index in [0.29, 0.717) is 5.57 Å². The second kappa shape index (κ2) is 8.07. The lowest BCUT2D eigenvalue weighted by Crippen LogP contribution is -2.32. The fourth-order valence-corrected chi connectivity index (χ4v) is 3.94. The van der Waals surface area contributed by atoms with Crippen molar-refractivity contribution in [3.8, 4) is 0 Å². The lowest BCUT2D eigenvalue weighted by atomic mass is 9.86. The molecule has 2 amide bonds. The molecule has 1 unspecified atom stereocenters. The van der Waals surface area contributed by atoms with E-state index in [9.17, 15) is 14.0 Å². The lowest BCUT2D eigenvalue weighted by Gasteiger charge is -2.25. The molecule has 150 valence electrons. The van der Waals surface area contributed by atoms with Gasteiger partial charge in [0.1, 0.15) is 5.82 Å². The number of amides is 2. The third-order valence-electron chi connectivity index (χ3n) is 5.63. The Kier molecular flexibility index (Phi) is 5.34. The van der Waals surface area contributed by atoms with Crippen LogP contribution in [0.3, 0.4) is 0 Å². The average molecular weight is 393 g/mol. The van der Waals surface area contributed by atoms with E-state index >= 15 is 0 Å². The Bertz CT molecular complexity index is 963. The fraction of sp³-hybridized carbons (Fsp3) is 0.304. The molecule has 4 rings (SSSR count). The van der Waals surface area contributed by atoms with E-state index < -0.39 is 5.92 Å². The number of benzene rings is 2. The summed E-state index contributed by atoms with van der Waals surface area (Å²) in [5, 5.41) is 5.65. The summed E-state index contributed by atoms with van der Waals surface area (Å²) < 4.78 is 13.3. The minimum absolute atomic E-state index is 0.150. The topological polar surface area (TPSA) is 61.4 Å². The highest BCUT2D eigenvalue weighted by Crippen LogP contribution is 2.32. The third kappa shape index (κ3) is 4.16. The van der Waals surface area contributed by atoms with Crippen LogP contribution in [-0.4, -0.2) is 24.9 Å². The summed E-state index contributed by atoms with van der Waals surface area (Å²) in [5.41, 5.74) is 4.03. The van der Waals surface area contributed by atoms with Gasteiger partial charge >= 0.3 is 0 Å². The van der Waals surface area contributed by atoms with E-state index in [1.165, 1.54) is 31.2 Å². The average Bonchev–Trinajstić information content (AvgIpc) is 3.25. The first-order valence-corrected chi connectivity index (χ1v) is 9.93. The van der Waals surface area contributed by atoms with Crippen molar-refractivity contribution in [2.45, 2.75) is 32.1 Å². The molecule has 2 aromatic rings. The summed E-state index contributed by atoms with van der Waals surface area (Å²) in [6.45, 7) is 4.01. The summed E-state index contributed by atoms with van der Waals surface area (Å²) in [6.07, 6.45) is 3.98. The van der Waals surface area contributed by atoms with Gasteiger partial charge in [0.25, 0.3) is 5.91 Å². The molecule has 0 saturated carbocycles. The van der Waals surface area contributed by atoms with Crippen LogP contribution in [0.1, 0.15) is 36.3 Å². The van der Waals surface area contributed by atoms with Crippen molar-refractivity contribution in [2.75, 3.05) is 23.3 Å². The van der Waals surface area contributed by atoms with Gasteiger partial charge in [-0.05, 0) is 55.2 Å². The van der Waals surface area contributed by atoms with Gasteiger partial charge in [-0.1, -0.05) is 18.2 Å². The Hall–Kier alpha value is -3.15. The van der Waals surface area contributed by atoms with E-state index in [-0.39, 0.29) is 24.1 Å². The van der Waals surface area contributed by atoms with Crippen LogP contribution >= 0.6 is 0 Å². The zero-order chi connectivity index (χ0) is 20.4. The van der Waals surface area contributed by atoms with Crippen molar-refractivity contribution in [3.05, 3.63) is 71.2 Å². The Morgan fingerprint density at radius 1 is 1.14 bits per heavy atom. The minimum atomic E-state index is -0.411. The highest BCUT2D eigenvalue weighted by molar-refractivity contribution is 6.07. The van der Waals surface area contributed by atoms with Crippen LogP contribution in [-0.2, 0) is 9.59 Å². The number of aryl methyl sites for hydroxylation is 1. The highest BCUT2D eigenvalue weighted by Gasteiger charge is 2.29. The lowest BCUT2D eigenvalue weighted by molar-refractivity contribution is -0.121. The van der Waals surface area contributed by atoms with Crippen molar-refractivity contribution < 1.29 is 14.0 Å². The number of nitrogens with zero attached hydrogens (tertiary/aromatic N) is 1. The van der Waals surface area contributed by atoms with E-state index in [0.717, 1.165) is 35.6 Å². The van der Waals surface area contributed by atoms with Gasteiger partial charge in [0.15, 0.2) is 0 Å². The first-order valence-electron chi connectivity index (χ1n) is 9.93. The van der Waals surface area contributed by atoms with Gasteiger partial charge in [0.2, 0.25) is 5.91 Å². The SMILES string of the molecule is Cc1ccc(N2CCCC2)cc1NC(=O)C1=CNC(=O)CC1c1ccc(F)cc1. The molecule has 0 aromatic heterocycles. The number of rotatable bonds is 4. The quantitative estimate of drug-likeness (QED) is 0.829. The molecule has 6 heteroatoms. The van der Waals surface area contributed by atoms with Crippen LogP contribution in [0.5, 0.6) is 0 Å². The molecule has 2 aromatic carbocycles. The van der Waals surface area contributed by atoms with Crippen molar-refractivity contribution in [1.29, 1.82) is 0 Å². The van der Waals surface area contributed by atoms with Gasteiger partial charge in [0.05, 0.1) is 0 Å². The number of hydrogen-bond donors (Lipinski definition) is 2. The van der Waals surface area contributed by atoms with Gasteiger partial charge < -0.3 is 15.5 Å². The molecule has 2 aliphatic rings. The molecule has 0 bridgehead atoms. The third-order valence-corrected chi connectivity index (χ3v) is 5.63. The standard InChI is InChI=1S/C23H24FN3O2/c1-15-4-9-18(27-10-2-3-11-27)12-21(15)26-23(29)20-14-25-22(28)13-19(20)16-5-7-17(24)8-6-16/h4-9,12,14,19H,2-3,10-11,13H2,1H3,(H,25,28)(H,26,29). The maximum absolute atomic E-state index is 13.3. The van der Waals surface area contributed by atoms with Crippen LogP contribution in [0.4, 0.5) is 15.8 Å². The number of hydrogen-bond acceptors (Lipinski definition) is 3. The first-order chi connectivity index (χ1) is 14.0. The van der Waals surface area contributed by atoms with E-state index in [1.807, 2.05) is 19.1 Å². The highest BCUT2D eigenvalue weighted by atomic mass is 19.1. The first kappa shape index (κ1) is 19.2. The van der Waals surface area contributed by atoms with Crippen LogP contribution in [0.25, 0.3) is 0 Å². The smallest absolute Gasteiger partial charge is 0.253 e. The zero-order valence-corrected chi connectivity index (χ0v) is 16.4. The molecule has 1 fully saturated rings. The Morgan fingerprint density at radius 2 is 1.86 bits per heavy atom. The zero-order valence-electron chi connectivity index (χ0n) is 16.4. The molecule has 2 heterocycles. The molecule has 2 N–H and O–H groups in total. The Labute approximate surface area is 169 Å². The fourth-order valence-electron chi connectivity index (χ4n) is 3.94. The molecular formula is C23H24FN3O2. The maximum Gasteiger partial charge on any atom is 0.253 e. The van der Waals surface area contributed by atoms with Crippen molar-refractivity contribution in [2.24, 2.45) is 0 Å². The largest absolute Gasteiger partial charge is 0.371 e. The maximum atomic E-state index is 13.3. The second-order valence-electron chi connectivity index (χ2n) is 7.62. The van der Waals surface area contributed by atoms with Crippen molar-refractivity contribution in [1.82, 2.24) is 5.32 Å². The van der Waals surface area contributed by atoms with Crippen molar-refractivity contribution in [3.63, 3.8) is 0 Å². The second-order valence-corrected chi connectivity index (χ2v) is 7.62. The number of carbonyl (C=O) groups excluding carboxylic acids is 2. The molecule has 5 nitrogen and oxygen atoms in total. The number of carbonyl (C=O) groups is 2.